The lowest BCUT2D eigenvalue weighted by molar-refractivity contribution is 0.0636. The number of carbonyl (C=O) groups excluding carboxylic acids is 2. The maximum Gasteiger partial charge on any atom is 0.412 e. The summed E-state index contributed by atoms with van der Waals surface area (Å²) >= 11 is 0. The molecule has 0 spiro atoms. The monoisotopic (exact) mass is 379 g/mol. The second kappa shape index (κ2) is 7.38. The molecule has 0 atom stereocenters. The molecule has 6 heteroatoms. The summed E-state index contributed by atoms with van der Waals surface area (Å²) in [7, 11) is 0. The summed E-state index contributed by atoms with van der Waals surface area (Å²) in [6.45, 7) is 9.42. The molecule has 0 fully saturated rings. The second-order valence-corrected chi connectivity index (χ2v) is 7.76. The molecule has 0 unspecified atom stereocenters. The van der Waals surface area contributed by atoms with Crippen molar-refractivity contribution in [3.63, 3.8) is 0 Å². The van der Waals surface area contributed by atoms with Gasteiger partial charge >= 0.3 is 6.09 Å². The highest BCUT2D eigenvalue weighted by atomic mass is 16.6. The van der Waals surface area contributed by atoms with Crippen molar-refractivity contribution in [1.82, 2.24) is 4.98 Å². The van der Waals surface area contributed by atoms with Gasteiger partial charge in [-0.15, -0.1) is 0 Å². The van der Waals surface area contributed by atoms with Crippen molar-refractivity contribution in [3.05, 3.63) is 59.3 Å². The molecule has 3 rings (SSSR count). The van der Waals surface area contributed by atoms with E-state index in [2.05, 4.69) is 15.6 Å². The van der Waals surface area contributed by atoms with Crippen LogP contribution in [-0.2, 0) is 4.74 Å². The average Bonchev–Trinajstić information content (AvgIpc) is 2.88. The smallest absolute Gasteiger partial charge is 0.412 e. The third kappa shape index (κ3) is 4.34. The van der Waals surface area contributed by atoms with Gasteiger partial charge in [-0.05, 0) is 64.4 Å². The Labute approximate surface area is 164 Å². The third-order valence-electron chi connectivity index (χ3n) is 4.35. The van der Waals surface area contributed by atoms with E-state index < -0.39 is 11.7 Å². The summed E-state index contributed by atoms with van der Waals surface area (Å²) in [5.41, 5.74) is 4.09. The van der Waals surface area contributed by atoms with E-state index in [-0.39, 0.29) is 5.91 Å². The summed E-state index contributed by atoms with van der Waals surface area (Å²) < 4.78 is 5.25. The number of anilines is 2. The Morgan fingerprint density at radius 1 is 0.964 bits per heavy atom. The zero-order valence-corrected chi connectivity index (χ0v) is 16.8. The minimum Gasteiger partial charge on any atom is -0.444 e. The first kappa shape index (κ1) is 19.5. The summed E-state index contributed by atoms with van der Waals surface area (Å²) in [6.07, 6.45) is -0.543. The van der Waals surface area contributed by atoms with Crippen molar-refractivity contribution in [2.24, 2.45) is 0 Å². The van der Waals surface area contributed by atoms with Gasteiger partial charge in [0.25, 0.3) is 5.91 Å². The minimum absolute atomic E-state index is 0.221. The maximum atomic E-state index is 12.8. The number of aryl methyl sites for hydroxylation is 2. The van der Waals surface area contributed by atoms with Gasteiger partial charge in [0, 0.05) is 22.5 Å². The molecule has 3 aromatic rings. The molecule has 0 radical (unpaired) electrons. The number of hydrogen-bond acceptors (Lipinski definition) is 3. The number of aromatic nitrogens is 1. The molecule has 2 amide bonds. The number of benzene rings is 2. The minimum atomic E-state index is -0.582. The molecular formula is C22H25N3O3. The van der Waals surface area contributed by atoms with E-state index in [0.29, 0.717) is 16.9 Å². The fourth-order valence-corrected chi connectivity index (χ4v) is 2.97. The molecule has 146 valence electrons. The molecular weight excluding hydrogens is 354 g/mol. The van der Waals surface area contributed by atoms with E-state index in [1.165, 1.54) is 0 Å². The molecule has 1 heterocycles. The summed E-state index contributed by atoms with van der Waals surface area (Å²) in [6, 6.07) is 12.6. The van der Waals surface area contributed by atoms with E-state index in [4.69, 9.17) is 4.74 Å². The van der Waals surface area contributed by atoms with Crippen LogP contribution in [0.5, 0.6) is 0 Å². The van der Waals surface area contributed by atoms with Gasteiger partial charge in [-0.2, -0.15) is 0 Å². The van der Waals surface area contributed by atoms with Crippen LogP contribution in [0.4, 0.5) is 16.2 Å². The molecule has 28 heavy (non-hydrogen) atoms. The van der Waals surface area contributed by atoms with Crippen LogP contribution in [0.3, 0.4) is 0 Å². The highest BCUT2D eigenvalue weighted by Crippen LogP contribution is 2.25. The van der Waals surface area contributed by atoms with Crippen molar-refractivity contribution < 1.29 is 14.3 Å². The van der Waals surface area contributed by atoms with Crippen LogP contribution in [0.2, 0.25) is 0 Å². The van der Waals surface area contributed by atoms with Crippen molar-refractivity contribution in [2.45, 2.75) is 40.2 Å². The number of hydrogen-bond donors (Lipinski definition) is 3. The molecule has 0 aliphatic heterocycles. The number of H-pyrrole nitrogens is 1. The van der Waals surface area contributed by atoms with Crippen LogP contribution in [-0.4, -0.2) is 22.6 Å². The van der Waals surface area contributed by atoms with E-state index in [1.54, 1.807) is 51.1 Å². The van der Waals surface area contributed by atoms with Gasteiger partial charge in [-0.25, -0.2) is 4.79 Å². The Morgan fingerprint density at radius 2 is 1.61 bits per heavy atom. The molecule has 3 N–H and O–H groups in total. The van der Waals surface area contributed by atoms with E-state index in [0.717, 1.165) is 22.2 Å². The number of rotatable bonds is 3. The van der Waals surface area contributed by atoms with Crippen molar-refractivity contribution >= 4 is 34.3 Å². The highest BCUT2D eigenvalue weighted by Gasteiger charge is 2.17. The largest absolute Gasteiger partial charge is 0.444 e. The topological polar surface area (TPSA) is 83.2 Å². The third-order valence-corrected chi connectivity index (χ3v) is 4.35. The summed E-state index contributed by atoms with van der Waals surface area (Å²) in [4.78, 5) is 28.1. The number of nitrogens with one attached hydrogen (secondary N) is 3. The average molecular weight is 379 g/mol. The first-order valence-corrected chi connectivity index (χ1v) is 9.13. The SMILES string of the molecule is Cc1[nH]c2c(C(=O)Nc3cccc(NC(=O)OC(C)(C)C)c3)cccc2c1C. The van der Waals surface area contributed by atoms with Crippen LogP contribution >= 0.6 is 0 Å². The Kier molecular flexibility index (Phi) is 5.14. The quantitative estimate of drug-likeness (QED) is 0.571. The lowest BCUT2D eigenvalue weighted by Crippen LogP contribution is -2.27. The van der Waals surface area contributed by atoms with Gasteiger partial charge in [-0.1, -0.05) is 18.2 Å². The van der Waals surface area contributed by atoms with Gasteiger partial charge < -0.3 is 15.0 Å². The summed E-state index contributed by atoms with van der Waals surface area (Å²) in [5, 5.41) is 6.60. The lowest BCUT2D eigenvalue weighted by atomic mass is 10.1. The van der Waals surface area contributed by atoms with E-state index >= 15 is 0 Å². The Bertz CT molecular complexity index is 1040. The van der Waals surface area contributed by atoms with Crippen molar-refractivity contribution in [3.8, 4) is 0 Å². The van der Waals surface area contributed by atoms with Crippen LogP contribution in [0.1, 0.15) is 42.4 Å². The molecule has 0 bridgehead atoms. The fourth-order valence-electron chi connectivity index (χ4n) is 2.97. The summed E-state index contributed by atoms with van der Waals surface area (Å²) in [5.74, 6) is -0.221. The van der Waals surface area contributed by atoms with Gasteiger partial charge in [0.15, 0.2) is 0 Å². The predicted molar refractivity (Wildman–Crippen MR) is 112 cm³/mol. The van der Waals surface area contributed by atoms with Crippen LogP contribution in [0.15, 0.2) is 42.5 Å². The number of aromatic amines is 1. The van der Waals surface area contributed by atoms with Gasteiger partial charge in [0.2, 0.25) is 0 Å². The fraction of sp³-hybridized carbons (Fsp3) is 0.273. The van der Waals surface area contributed by atoms with Crippen LogP contribution < -0.4 is 10.6 Å². The number of carbonyl (C=O) groups is 2. The lowest BCUT2D eigenvalue weighted by Gasteiger charge is -2.19. The molecule has 0 aliphatic rings. The van der Waals surface area contributed by atoms with Crippen LogP contribution in [0.25, 0.3) is 10.9 Å². The van der Waals surface area contributed by atoms with Gasteiger partial charge in [-0.3, -0.25) is 10.1 Å². The molecule has 0 saturated carbocycles. The second-order valence-electron chi connectivity index (χ2n) is 7.76. The van der Waals surface area contributed by atoms with Gasteiger partial charge in [0.1, 0.15) is 5.60 Å². The molecule has 6 nitrogen and oxygen atoms in total. The van der Waals surface area contributed by atoms with Gasteiger partial charge in [0.05, 0.1) is 11.1 Å². The molecule has 2 aromatic carbocycles. The first-order chi connectivity index (χ1) is 13.1. The number of ether oxygens (including phenoxy) is 1. The number of para-hydroxylation sites is 1. The Hall–Kier alpha value is -3.28. The first-order valence-electron chi connectivity index (χ1n) is 9.13. The van der Waals surface area contributed by atoms with E-state index in [1.807, 2.05) is 26.0 Å². The zero-order chi connectivity index (χ0) is 20.5. The Morgan fingerprint density at radius 3 is 2.29 bits per heavy atom. The number of fused-ring (bicyclic) bond motifs is 1. The molecule has 0 aliphatic carbocycles. The Balaban J connectivity index is 1.78. The number of amides is 2. The standard InChI is InChI=1S/C22H25N3O3/c1-13-14(2)23-19-17(13)10-7-11-18(19)20(26)24-15-8-6-9-16(12-15)25-21(27)28-22(3,4)5/h6-12,23H,1-5H3,(H,24,26)(H,25,27). The normalized spacial score (nSPS) is 11.3. The van der Waals surface area contributed by atoms with E-state index in [9.17, 15) is 9.59 Å². The maximum absolute atomic E-state index is 12.8. The van der Waals surface area contributed by atoms with Crippen molar-refractivity contribution in [1.29, 1.82) is 0 Å². The predicted octanol–water partition coefficient (Wildman–Crippen LogP) is 5.38. The zero-order valence-electron chi connectivity index (χ0n) is 16.8. The van der Waals surface area contributed by atoms with Crippen LogP contribution in [0, 0.1) is 13.8 Å². The van der Waals surface area contributed by atoms with Crippen molar-refractivity contribution in [2.75, 3.05) is 10.6 Å². The highest BCUT2D eigenvalue weighted by molar-refractivity contribution is 6.12. The molecule has 0 saturated heterocycles. The molecule has 1 aromatic heterocycles.